The minimum atomic E-state index is -0.280. The molecule has 0 aliphatic heterocycles. The highest BCUT2D eigenvalue weighted by atomic mass is 16.2. The van der Waals surface area contributed by atoms with Gasteiger partial charge in [-0.15, -0.1) is 0 Å². The van der Waals surface area contributed by atoms with Gasteiger partial charge < -0.3 is 16.0 Å². The molecule has 4 heteroatoms. The quantitative estimate of drug-likeness (QED) is 0.570. The van der Waals surface area contributed by atoms with Crippen LogP contribution >= 0.6 is 0 Å². The number of para-hydroxylation sites is 1. The lowest BCUT2D eigenvalue weighted by Gasteiger charge is -2.08. The summed E-state index contributed by atoms with van der Waals surface area (Å²) in [6.45, 7) is 2.04. The normalized spacial score (nSPS) is 10.5. The molecule has 0 bridgehead atoms. The van der Waals surface area contributed by atoms with Gasteiger partial charge in [0.15, 0.2) is 0 Å². The second kappa shape index (κ2) is 8.53. The minimum Gasteiger partial charge on any atom is -0.356 e. The van der Waals surface area contributed by atoms with Crippen molar-refractivity contribution in [2.45, 2.75) is 6.92 Å². The van der Waals surface area contributed by atoms with Crippen LogP contribution in [0.2, 0.25) is 0 Å². The molecule has 3 N–H and O–H groups in total. The second-order valence-corrected chi connectivity index (χ2v) is 5.91. The van der Waals surface area contributed by atoms with Crippen molar-refractivity contribution in [3.05, 3.63) is 96.2 Å². The highest BCUT2D eigenvalue weighted by molar-refractivity contribution is 5.90. The molecule has 0 unspecified atom stereocenters. The minimum absolute atomic E-state index is 0.280. The fourth-order valence-corrected chi connectivity index (χ4v) is 2.48. The first-order valence-corrected chi connectivity index (χ1v) is 8.42. The van der Waals surface area contributed by atoms with Crippen molar-refractivity contribution < 1.29 is 4.79 Å². The number of benzene rings is 3. The summed E-state index contributed by atoms with van der Waals surface area (Å²) in [7, 11) is 0. The number of carbonyl (C=O) groups is 1. The van der Waals surface area contributed by atoms with Crippen LogP contribution in [0.5, 0.6) is 0 Å². The summed E-state index contributed by atoms with van der Waals surface area (Å²) in [6.07, 6.45) is 3.49. The first kappa shape index (κ1) is 17.3. The molecule has 0 aromatic heterocycles. The average Bonchev–Trinajstić information content (AvgIpc) is 2.64. The number of carbonyl (C=O) groups excluding carboxylic acids is 1. The van der Waals surface area contributed by atoms with Gasteiger partial charge in [0, 0.05) is 23.3 Å². The SMILES string of the molecule is Cc1cccc(/C=C/NC(=O)Nc2ccc(Nc3ccccc3)cc2)c1. The molecule has 26 heavy (non-hydrogen) atoms. The van der Waals surface area contributed by atoms with Gasteiger partial charge in [-0.3, -0.25) is 0 Å². The predicted octanol–water partition coefficient (Wildman–Crippen LogP) is 5.53. The van der Waals surface area contributed by atoms with Crippen molar-refractivity contribution in [2.75, 3.05) is 10.6 Å². The van der Waals surface area contributed by atoms with E-state index in [-0.39, 0.29) is 6.03 Å². The number of amides is 2. The third-order valence-corrected chi connectivity index (χ3v) is 3.74. The summed E-state index contributed by atoms with van der Waals surface area (Å²) in [5.74, 6) is 0. The van der Waals surface area contributed by atoms with Crippen molar-refractivity contribution in [2.24, 2.45) is 0 Å². The molecule has 0 fully saturated rings. The predicted molar refractivity (Wildman–Crippen MR) is 109 cm³/mol. The lowest BCUT2D eigenvalue weighted by Crippen LogP contribution is -2.23. The van der Waals surface area contributed by atoms with Gasteiger partial charge >= 0.3 is 6.03 Å². The molecule has 2 amide bonds. The van der Waals surface area contributed by atoms with E-state index in [0.717, 1.165) is 22.6 Å². The first-order valence-electron chi connectivity index (χ1n) is 8.42. The van der Waals surface area contributed by atoms with E-state index in [1.54, 1.807) is 6.20 Å². The maximum absolute atomic E-state index is 12.0. The molecule has 0 atom stereocenters. The van der Waals surface area contributed by atoms with E-state index in [0.29, 0.717) is 0 Å². The summed E-state index contributed by atoms with van der Waals surface area (Å²) in [5, 5.41) is 8.81. The Morgan fingerprint density at radius 3 is 2.23 bits per heavy atom. The van der Waals surface area contributed by atoms with Crippen LogP contribution in [0.4, 0.5) is 21.9 Å². The van der Waals surface area contributed by atoms with Crippen LogP contribution in [-0.4, -0.2) is 6.03 Å². The maximum Gasteiger partial charge on any atom is 0.323 e. The molecule has 0 spiro atoms. The molecule has 0 heterocycles. The van der Waals surface area contributed by atoms with Crippen LogP contribution in [0, 0.1) is 6.92 Å². The van der Waals surface area contributed by atoms with Crippen LogP contribution in [0.15, 0.2) is 85.1 Å². The van der Waals surface area contributed by atoms with Crippen LogP contribution in [0.1, 0.15) is 11.1 Å². The van der Waals surface area contributed by atoms with Gasteiger partial charge in [0.05, 0.1) is 0 Å². The summed E-state index contributed by atoms with van der Waals surface area (Å²) in [5.41, 5.74) is 4.93. The van der Waals surface area contributed by atoms with E-state index in [4.69, 9.17) is 0 Å². The van der Waals surface area contributed by atoms with Gasteiger partial charge in [0.25, 0.3) is 0 Å². The molecular formula is C22H21N3O. The zero-order valence-electron chi connectivity index (χ0n) is 14.6. The zero-order valence-corrected chi connectivity index (χ0v) is 14.6. The zero-order chi connectivity index (χ0) is 18.2. The molecule has 3 aromatic rings. The number of nitrogens with one attached hydrogen (secondary N) is 3. The van der Waals surface area contributed by atoms with E-state index in [9.17, 15) is 4.79 Å². The van der Waals surface area contributed by atoms with Crippen LogP contribution < -0.4 is 16.0 Å². The largest absolute Gasteiger partial charge is 0.356 e. The van der Waals surface area contributed by atoms with Gasteiger partial charge in [-0.1, -0.05) is 48.0 Å². The topological polar surface area (TPSA) is 53.2 Å². The number of urea groups is 1. The Bertz CT molecular complexity index is 887. The summed E-state index contributed by atoms with van der Waals surface area (Å²) in [6, 6.07) is 25.3. The number of anilines is 3. The van der Waals surface area contributed by atoms with Crippen molar-refractivity contribution in [3.63, 3.8) is 0 Å². The molecule has 0 saturated carbocycles. The summed E-state index contributed by atoms with van der Waals surface area (Å²) < 4.78 is 0. The monoisotopic (exact) mass is 343 g/mol. The fourth-order valence-electron chi connectivity index (χ4n) is 2.48. The number of hydrogen-bond donors (Lipinski definition) is 3. The van der Waals surface area contributed by atoms with Gasteiger partial charge in [0.1, 0.15) is 0 Å². The number of rotatable bonds is 5. The summed E-state index contributed by atoms with van der Waals surface area (Å²) >= 11 is 0. The Morgan fingerprint density at radius 1 is 0.808 bits per heavy atom. The van der Waals surface area contributed by atoms with Crippen molar-refractivity contribution in [1.29, 1.82) is 0 Å². The third-order valence-electron chi connectivity index (χ3n) is 3.74. The van der Waals surface area contributed by atoms with Crippen molar-refractivity contribution in [1.82, 2.24) is 5.32 Å². The lowest BCUT2D eigenvalue weighted by molar-refractivity contribution is 0.255. The molecule has 4 nitrogen and oxygen atoms in total. The molecular weight excluding hydrogens is 322 g/mol. The second-order valence-electron chi connectivity index (χ2n) is 5.91. The van der Waals surface area contributed by atoms with E-state index < -0.39 is 0 Å². The molecule has 130 valence electrons. The average molecular weight is 343 g/mol. The van der Waals surface area contributed by atoms with Gasteiger partial charge in [0.2, 0.25) is 0 Å². The highest BCUT2D eigenvalue weighted by Gasteiger charge is 2.00. The Hall–Kier alpha value is -3.53. The fraction of sp³-hybridized carbons (Fsp3) is 0.0455. The highest BCUT2D eigenvalue weighted by Crippen LogP contribution is 2.18. The van der Waals surface area contributed by atoms with E-state index in [2.05, 4.69) is 22.0 Å². The molecule has 0 aliphatic carbocycles. The van der Waals surface area contributed by atoms with Crippen LogP contribution in [-0.2, 0) is 0 Å². The first-order chi connectivity index (χ1) is 12.7. The van der Waals surface area contributed by atoms with E-state index in [1.165, 1.54) is 5.56 Å². The molecule has 3 rings (SSSR count). The Morgan fingerprint density at radius 2 is 1.50 bits per heavy atom. The van der Waals surface area contributed by atoms with E-state index in [1.807, 2.05) is 85.8 Å². The van der Waals surface area contributed by atoms with E-state index >= 15 is 0 Å². The number of aryl methyl sites for hydroxylation is 1. The van der Waals surface area contributed by atoms with Crippen molar-refractivity contribution in [3.8, 4) is 0 Å². The van der Waals surface area contributed by atoms with Gasteiger partial charge in [-0.25, -0.2) is 4.79 Å². The maximum atomic E-state index is 12.0. The van der Waals surface area contributed by atoms with Gasteiger partial charge in [-0.05, 0) is 55.0 Å². The van der Waals surface area contributed by atoms with Gasteiger partial charge in [-0.2, -0.15) is 0 Å². The molecule has 0 aliphatic rings. The summed E-state index contributed by atoms with van der Waals surface area (Å²) in [4.78, 5) is 12.0. The molecule has 0 radical (unpaired) electrons. The smallest absolute Gasteiger partial charge is 0.323 e. The molecule has 3 aromatic carbocycles. The third kappa shape index (κ3) is 5.24. The Labute approximate surface area is 153 Å². The number of hydrogen-bond acceptors (Lipinski definition) is 2. The Balaban J connectivity index is 1.51. The van der Waals surface area contributed by atoms with Crippen molar-refractivity contribution >= 4 is 29.2 Å². The van der Waals surface area contributed by atoms with Crippen LogP contribution in [0.3, 0.4) is 0 Å². The van der Waals surface area contributed by atoms with Crippen LogP contribution in [0.25, 0.3) is 6.08 Å². The Kier molecular flexibility index (Phi) is 5.68. The lowest BCUT2D eigenvalue weighted by atomic mass is 10.1. The standard InChI is InChI=1S/C22H21N3O/c1-17-6-5-7-18(16-17)14-15-23-22(26)25-21-12-10-20(11-13-21)24-19-8-3-2-4-9-19/h2-16,24H,1H3,(H2,23,25,26)/b15-14+. The molecule has 0 saturated heterocycles.